The fourth-order valence-corrected chi connectivity index (χ4v) is 5.54. The minimum Gasteiger partial charge on any atom is -0.366 e. The summed E-state index contributed by atoms with van der Waals surface area (Å²) in [7, 11) is 0. The van der Waals surface area contributed by atoms with E-state index in [1.165, 1.54) is 31.8 Å². The second-order valence-electron chi connectivity index (χ2n) is 8.71. The van der Waals surface area contributed by atoms with Gasteiger partial charge in [-0.25, -0.2) is 4.98 Å². The van der Waals surface area contributed by atoms with Gasteiger partial charge in [0.15, 0.2) is 0 Å². The lowest BCUT2D eigenvalue weighted by Gasteiger charge is -2.29. The minimum atomic E-state index is -0.0931. The second kappa shape index (κ2) is 9.28. The van der Waals surface area contributed by atoms with E-state index in [0.717, 1.165) is 47.4 Å². The molecule has 9 heteroatoms. The van der Waals surface area contributed by atoms with Crippen LogP contribution in [0, 0.1) is 0 Å². The van der Waals surface area contributed by atoms with Crippen molar-refractivity contribution in [2.45, 2.75) is 69.5 Å². The molecule has 3 N–H and O–H groups in total. The Balaban J connectivity index is 1.27. The van der Waals surface area contributed by atoms with E-state index in [1.54, 1.807) is 11.3 Å². The highest BCUT2D eigenvalue weighted by molar-refractivity contribution is 7.17. The number of fused-ring (bicyclic) bond motifs is 1. The van der Waals surface area contributed by atoms with Crippen molar-refractivity contribution >= 4 is 44.9 Å². The molecule has 0 radical (unpaired) electrons. The first kappa shape index (κ1) is 20.9. The lowest BCUT2D eigenvalue weighted by molar-refractivity contribution is -0.117. The number of carbonyl (C=O) groups excluding carboxylic acids is 1. The van der Waals surface area contributed by atoms with Gasteiger partial charge in [-0.2, -0.15) is 10.1 Å². The molecule has 2 aliphatic rings. The van der Waals surface area contributed by atoms with Crippen molar-refractivity contribution in [1.82, 2.24) is 25.1 Å². The molecule has 32 heavy (non-hydrogen) atoms. The van der Waals surface area contributed by atoms with Crippen molar-refractivity contribution < 1.29 is 4.79 Å². The van der Waals surface area contributed by atoms with Crippen LogP contribution in [0.4, 0.5) is 17.5 Å². The summed E-state index contributed by atoms with van der Waals surface area (Å²) in [6.07, 6.45) is 14.1. The highest BCUT2D eigenvalue weighted by Crippen LogP contribution is 2.32. The number of anilines is 3. The number of hydrogen-bond acceptors (Lipinski definition) is 7. The van der Waals surface area contributed by atoms with Gasteiger partial charge in [-0.05, 0) is 56.0 Å². The summed E-state index contributed by atoms with van der Waals surface area (Å²) in [6.45, 7) is 3.53. The smallest absolute Gasteiger partial charge is 0.243 e. The summed E-state index contributed by atoms with van der Waals surface area (Å²) in [5.41, 5.74) is 1.85. The molecule has 0 spiro atoms. The van der Waals surface area contributed by atoms with Crippen molar-refractivity contribution in [3.63, 3.8) is 0 Å². The molecule has 3 heterocycles. The van der Waals surface area contributed by atoms with E-state index in [-0.39, 0.29) is 11.9 Å². The quantitative estimate of drug-likeness (QED) is 0.448. The Morgan fingerprint density at radius 1 is 1.12 bits per heavy atom. The molecular weight excluding hydrogens is 422 g/mol. The van der Waals surface area contributed by atoms with Crippen molar-refractivity contribution in [1.29, 1.82) is 0 Å². The molecule has 2 saturated carbocycles. The van der Waals surface area contributed by atoms with Gasteiger partial charge in [-0.3, -0.25) is 9.48 Å². The molecule has 2 fully saturated rings. The number of nitrogens with zero attached hydrogens (tertiary/aromatic N) is 4. The summed E-state index contributed by atoms with van der Waals surface area (Å²) < 4.78 is 3.14. The van der Waals surface area contributed by atoms with E-state index in [1.807, 2.05) is 17.6 Å². The van der Waals surface area contributed by atoms with Crippen LogP contribution in [-0.2, 0) is 4.79 Å². The summed E-state index contributed by atoms with van der Waals surface area (Å²) >= 11 is 1.65. The monoisotopic (exact) mass is 451 g/mol. The molecule has 0 saturated heterocycles. The highest BCUT2D eigenvalue weighted by Gasteiger charge is 2.23. The molecule has 0 aliphatic heterocycles. The lowest BCUT2D eigenvalue weighted by atomic mass is 9.91. The predicted octanol–water partition coefficient (Wildman–Crippen LogP) is 4.77. The molecule has 1 amide bonds. The number of rotatable bonds is 7. The Morgan fingerprint density at radius 3 is 2.69 bits per heavy atom. The topological polar surface area (TPSA) is 96.8 Å². The van der Waals surface area contributed by atoms with Crippen LogP contribution in [0.5, 0.6) is 0 Å². The van der Waals surface area contributed by atoms with Gasteiger partial charge in [0.2, 0.25) is 11.9 Å². The zero-order valence-corrected chi connectivity index (χ0v) is 18.9. The number of nitrogens with one attached hydrogen (secondary N) is 3. The Morgan fingerprint density at radius 2 is 1.91 bits per heavy atom. The summed E-state index contributed by atoms with van der Waals surface area (Å²) in [5, 5.41) is 16.6. The Hall–Kier alpha value is -2.94. The molecule has 8 nitrogen and oxygen atoms in total. The first-order valence-electron chi connectivity index (χ1n) is 11.4. The number of amides is 1. The van der Waals surface area contributed by atoms with Crippen LogP contribution in [0.25, 0.3) is 10.2 Å². The maximum absolute atomic E-state index is 11.6. The molecule has 2 aliphatic carbocycles. The van der Waals surface area contributed by atoms with Gasteiger partial charge >= 0.3 is 0 Å². The lowest BCUT2D eigenvalue weighted by Crippen LogP contribution is -2.39. The van der Waals surface area contributed by atoms with E-state index in [2.05, 4.69) is 38.5 Å². The average molecular weight is 452 g/mol. The van der Waals surface area contributed by atoms with Crippen LogP contribution in [-0.4, -0.2) is 37.7 Å². The SMILES string of the molecule is C=CC(=O)N[C@H]1CC[C@@H](Nc2nc(Nc3cnn(C4CCCC4)c3)nc3ccsc23)CC1. The molecule has 0 atom stereocenters. The van der Waals surface area contributed by atoms with Crippen LogP contribution < -0.4 is 16.0 Å². The van der Waals surface area contributed by atoms with E-state index >= 15 is 0 Å². The molecule has 168 valence electrons. The molecule has 0 bridgehead atoms. The minimum absolute atomic E-state index is 0.0931. The Bertz CT molecular complexity index is 1090. The largest absolute Gasteiger partial charge is 0.366 e. The average Bonchev–Trinajstić information content (AvgIpc) is 3.56. The zero-order valence-electron chi connectivity index (χ0n) is 18.1. The van der Waals surface area contributed by atoms with Gasteiger partial charge in [-0.15, -0.1) is 11.3 Å². The normalized spacial score (nSPS) is 21.5. The third-order valence-corrected chi connectivity index (χ3v) is 7.37. The van der Waals surface area contributed by atoms with Crippen molar-refractivity contribution in [3.05, 3.63) is 36.5 Å². The van der Waals surface area contributed by atoms with Crippen LogP contribution in [0.3, 0.4) is 0 Å². The first-order valence-corrected chi connectivity index (χ1v) is 12.3. The van der Waals surface area contributed by atoms with Gasteiger partial charge in [0.1, 0.15) is 5.82 Å². The number of aromatic nitrogens is 4. The standard InChI is InChI=1S/C23H29N7OS/c1-2-20(31)25-15-7-9-16(10-8-15)26-22-21-19(11-12-32-21)28-23(29-22)27-17-13-24-30(14-17)18-5-3-4-6-18/h2,11-16,18H,1,3-10H2,(H,25,31)(H2,26,27,28,29)/t15-,16+. The Kier molecular flexibility index (Phi) is 6.07. The zero-order chi connectivity index (χ0) is 21.9. The van der Waals surface area contributed by atoms with Gasteiger partial charge in [0.05, 0.1) is 28.1 Å². The maximum Gasteiger partial charge on any atom is 0.243 e. The first-order chi connectivity index (χ1) is 15.7. The van der Waals surface area contributed by atoms with E-state index in [9.17, 15) is 4.79 Å². The number of hydrogen-bond donors (Lipinski definition) is 3. The third kappa shape index (κ3) is 4.62. The highest BCUT2D eigenvalue weighted by atomic mass is 32.1. The summed E-state index contributed by atoms with van der Waals surface area (Å²) in [4.78, 5) is 21.1. The molecular formula is C23H29N7OS. The molecule has 3 aromatic heterocycles. The Labute approximate surface area is 191 Å². The summed E-state index contributed by atoms with van der Waals surface area (Å²) in [5.74, 6) is 1.36. The summed E-state index contributed by atoms with van der Waals surface area (Å²) in [6, 6.07) is 3.08. The van der Waals surface area contributed by atoms with E-state index < -0.39 is 0 Å². The van der Waals surface area contributed by atoms with E-state index in [0.29, 0.717) is 18.0 Å². The van der Waals surface area contributed by atoms with Crippen LogP contribution >= 0.6 is 11.3 Å². The van der Waals surface area contributed by atoms with Gasteiger partial charge < -0.3 is 16.0 Å². The van der Waals surface area contributed by atoms with E-state index in [4.69, 9.17) is 9.97 Å². The molecule has 5 rings (SSSR count). The van der Waals surface area contributed by atoms with Crippen LogP contribution in [0.1, 0.15) is 57.4 Å². The van der Waals surface area contributed by atoms with Crippen molar-refractivity contribution in [2.75, 3.05) is 10.6 Å². The van der Waals surface area contributed by atoms with Crippen LogP contribution in [0.2, 0.25) is 0 Å². The number of thiophene rings is 1. The molecule has 0 aromatic carbocycles. The molecule has 3 aromatic rings. The van der Waals surface area contributed by atoms with Gasteiger partial charge in [-0.1, -0.05) is 19.4 Å². The fourth-order valence-electron chi connectivity index (χ4n) is 4.75. The van der Waals surface area contributed by atoms with Crippen LogP contribution in [0.15, 0.2) is 36.5 Å². The third-order valence-electron chi connectivity index (χ3n) is 6.46. The van der Waals surface area contributed by atoms with Crippen molar-refractivity contribution in [2.24, 2.45) is 0 Å². The van der Waals surface area contributed by atoms with Gasteiger partial charge in [0, 0.05) is 18.3 Å². The molecule has 0 unspecified atom stereocenters. The van der Waals surface area contributed by atoms with Gasteiger partial charge in [0.25, 0.3) is 0 Å². The second-order valence-corrected chi connectivity index (χ2v) is 9.62. The van der Waals surface area contributed by atoms with Crippen molar-refractivity contribution in [3.8, 4) is 0 Å². The predicted molar refractivity (Wildman–Crippen MR) is 128 cm³/mol. The fraction of sp³-hybridized carbons (Fsp3) is 0.478. The number of carbonyl (C=O) groups is 1. The maximum atomic E-state index is 11.6.